The van der Waals surface area contributed by atoms with Gasteiger partial charge in [-0.15, -0.1) is 6.42 Å². The summed E-state index contributed by atoms with van der Waals surface area (Å²) in [5.41, 5.74) is 0.442. The molecule has 3 rings (SSSR count). The van der Waals surface area contributed by atoms with Gasteiger partial charge in [0.15, 0.2) is 0 Å². The van der Waals surface area contributed by atoms with E-state index in [9.17, 15) is 37.1 Å². The fraction of sp³-hybridized carbons (Fsp3) is 0.412. The van der Waals surface area contributed by atoms with Crippen LogP contribution in [0.15, 0.2) is 41.5 Å². The first-order chi connectivity index (χ1) is 21.4. The molecule has 1 amide bonds. The number of carbonyl (C=O) groups excluding carboxylic acids is 1. The highest BCUT2D eigenvalue weighted by Crippen LogP contribution is 2.34. The number of benzene rings is 1. The Labute approximate surface area is 265 Å². The van der Waals surface area contributed by atoms with E-state index in [4.69, 9.17) is 6.42 Å². The van der Waals surface area contributed by atoms with Gasteiger partial charge >= 0.3 is 12.1 Å². The molecule has 0 aliphatic rings. The van der Waals surface area contributed by atoms with Gasteiger partial charge in [-0.2, -0.15) is 13.2 Å². The quantitative estimate of drug-likeness (QED) is 0.194. The predicted octanol–water partition coefficient (Wildman–Crippen LogP) is 5.69. The van der Waals surface area contributed by atoms with Gasteiger partial charge in [-0.05, 0) is 98.6 Å². The number of nitrogens with one attached hydrogen (secondary N) is 1. The van der Waals surface area contributed by atoms with Gasteiger partial charge in [0.1, 0.15) is 17.6 Å². The molecule has 12 heteroatoms. The first-order valence-corrected chi connectivity index (χ1v) is 14.7. The standard InChI is InChI=1S/C34H38F4N4O4/c1-8-27-25(32-20(4)12-24(35)13-21(32)5)14-23(17-39-27)28(16-31(44)45)40-33(46)29(11-19(2)3)42-18-22(9-10-41(6)7)26(15-30(42)43)34(36,37)38/h1,12-15,17-19,28-29H,9-11,16H2,2-7H3,(H,40,46)(H,44,45)/t28-,29+/m1/s1. The summed E-state index contributed by atoms with van der Waals surface area (Å²) in [6.45, 7) is 7.23. The van der Waals surface area contributed by atoms with Gasteiger partial charge in [-0.25, -0.2) is 9.37 Å². The Morgan fingerprint density at radius 3 is 2.28 bits per heavy atom. The number of aliphatic carboxylic acids is 1. The van der Waals surface area contributed by atoms with Crippen LogP contribution in [0, 0.1) is 37.9 Å². The van der Waals surface area contributed by atoms with E-state index in [0.29, 0.717) is 28.3 Å². The highest BCUT2D eigenvalue weighted by atomic mass is 19.4. The second-order valence-electron chi connectivity index (χ2n) is 12.0. The molecule has 0 bridgehead atoms. The predicted molar refractivity (Wildman–Crippen MR) is 167 cm³/mol. The minimum atomic E-state index is -4.78. The lowest BCUT2D eigenvalue weighted by Crippen LogP contribution is -2.40. The minimum Gasteiger partial charge on any atom is -0.481 e. The molecule has 0 radical (unpaired) electrons. The number of terminal acetylenes is 1. The minimum absolute atomic E-state index is 0.0298. The summed E-state index contributed by atoms with van der Waals surface area (Å²) in [5.74, 6) is -0.126. The van der Waals surface area contributed by atoms with Crippen LogP contribution >= 0.6 is 0 Å². The lowest BCUT2D eigenvalue weighted by atomic mass is 9.92. The second kappa shape index (κ2) is 14.7. The molecule has 246 valence electrons. The molecule has 2 atom stereocenters. The monoisotopic (exact) mass is 642 g/mol. The van der Waals surface area contributed by atoms with Crippen molar-refractivity contribution in [2.75, 3.05) is 20.6 Å². The van der Waals surface area contributed by atoms with Crippen LogP contribution in [0.4, 0.5) is 17.6 Å². The number of pyridine rings is 2. The summed E-state index contributed by atoms with van der Waals surface area (Å²) < 4.78 is 56.7. The van der Waals surface area contributed by atoms with Crippen molar-refractivity contribution in [2.24, 2.45) is 5.92 Å². The van der Waals surface area contributed by atoms with Crippen LogP contribution in [0.3, 0.4) is 0 Å². The number of carbonyl (C=O) groups is 2. The largest absolute Gasteiger partial charge is 0.481 e. The first kappa shape index (κ1) is 36.0. The molecule has 0 saturated heterocycles. The molecule has 2 aromatic heterocycles. The van der Waals surface area contributed by atoms with Crippen LogP contribution in [-0.2, 0) is 22.2 Å². The van der Waals surface area contributed by atoms with Crippen LogP contribution < -0.4 is 10.9 Å². The van der Waals surface area contributed by atoms with Crippen molar-refractivity contribution in [1.29, 1.82) is 0 Å². The maximum absolute atomic E-state index is 14.1. The zero-order valence-electron chi connectivity index (χ0n) is 26.6. The Hall–Kier alpha value is -4.50. The van der Waals surface area contributed by atoms with Crippen molar-refractivity contribution >= 4 is 11.9 Å². The number of nitrogens with zero attached hydrogens (tertiary/aromatic N) is 3. The number of hydrogen-bond donors (Lipinski definition) is 2. The van der Waals surface area contributed by atoms with E-state index in [2.05, 4.69) is 16.2 Å². The summed E-state index contributed by atoms with van der Waals surface area (Å²) in [5, 5.41) is 12.4. The SMILES string of the molecule is C#Cc1ncc([C@@H](CC(=O)O)NC(=O)[C@H](CC(C)C)n2cc(CCN(C)C)c(C(F)(F)F)cc2=O)cc1-c1c(C)cc(F)cc1C. The van der Waals surface area contributed by atoms with Gasteiger partial charge < -0.3 is 19.9 Å². The van der Waals surface area contributed by atoms with Crippen molar-refractivity contribution in [3.63, 3.8) is 0 Å². The van der Waals surface area contributed by atoms with Crippen LogP contribution in [0.5, 0.6) is 0 Å². The van der Waals surface area contributed by atoms with Crippen molar-refractivity contribution in [2.45, 2.75) is 65.2 Å². The third-order valence-corrected chi connectivity index (χ3v) is 7.54. The molecule has 2 heterocycles. The fourth-order valence-electron chi connectivity index (χ4n) is 5.44. The van der Waals surface area contributed by atoms with E-state index in [1.54, 1.807) is 52.8 Å². The Morgan fingerprint density at radius 1 is 1.13 bits per heavy atom. The number of likely N-dealkylation sites (N-methyl/N-ethyl adjacent to an activating group) is 1. The van der Waals surface area contributed by atoms with E-state index < -0.39 is 53.5 Å². The molecular weight excluding hydrogens is 604 g/mol. The summed E-state index contributed by atoms with van der Waals surface area (Å²) in [7, 11) is 3.41. The van der Waals surface area contributed by atoms with E-state index >= 15 is 0 Å². The molecule has 8 nitrogen and oxygen atoms in total. The number of halogens is 4. The van der Waals surface area contributed by atoms with E-state index in [1.165, 1.54) is 18.3 Å². The van der Waals surface area contributed by atoms with Crippen LogP contribution in [0.2, 0.25) is 0 Å². The van der Waals surface area contributed by atoms with Gasteiger partial charge in [-0.3, -0.25) is 14.4 Å². The van der Waals surface area contributed by atoms with Crippen LogP contribution in [-0.4, -0.2) is 52.1 Å². The number of aromatic nitrogens is 2. The number of amides is 1. The Morgan fingerprint density at radius 2 is 1.76 bits per heavy atom. The molecular formula is C34H38F4N4O4. The highest BCUT2D eigenvalue weighted by molar-refractivity contribution is 5.82. The molecule has 0 saturated carbocycles. The number of carboxylic acid groups (broad SMARTS) is 1. The summed E-state index contributed by atoms with van der Waals surface area (Å²) >= 11 is 0. The smallest absolute Gasteiger partial charge is 0.416 e. The number of alkyl halides is 3. The summed E-state index contributed by atoms with van der Waals surface area (Å²) in [4.78, 5) is 45.0. The first-order valence-electron chi connectivity index (χ1n) is 14.7. The molecule has 3 aromatic rings. The molecule has 0 unspecified atom stereocenters. The average molecular weight is 643 g/mol. The zero-order chi connectivity index (χ0) is 34.5. The Balaban J connectivity index is 2.13. The molecule has 2 N–H and O–H groups in total. The zero-order valence-corrected chi connectivity index (χ0v) is 26.6. The Kier molecular flexibility index (Phi) is 11.5. The van der Waals surface area contributed by atoms with Crippen molar-refractivity contribution in [1.82, 2.24) is 19.8 Å². The lowest BCUT2D eigenvalue weighted by molar-refractivity contribution is -0.139. The van der Waals surface area contributed by atoms with Crippen LogP contribution in [0.25, 0.3) is 11.1 Å². The maximum Gasteiger partial charge on any atom is 0.416 e. The number of hydrogen-bond acceptors (Lipinski definition) is 5. The summed E-state index contributed by atoms with van der Waals surface area (Å²) in [6, 6.07) is 2.35. The summed E-state index contributed by atoms with van der Waals surface area (Å²) in [6.07, 6.45) is 2.81. The number of rotatable bonds is 12. The highest BCUT2D eigenvalue weighted by Gasteiger charge is 2.36. The van der Waals surface area contributed by atoms with E-state index in [-0.39, 0.29) is 42.1 Å². The van der Waals surface area contributed by atoms with Gasteiger partial charge in [0.2, 0.25) is 5.91 Å². The van der Waals surface area contributed by atoms with E-state index in [0.717, 1.165) is 10.8 Å². The molecule has 0 fully saturated rings. The van der Waals surface area contributed by atoms with E-state index in [1.807, 2.05) is 0 Å². The van der Waals surface area contributed by atoms with Gasteiger partial charge in [0.25, 0.3) is 5.56 Å². The Bertz CT molecular complexity index is 1680. The number of carboxylic acids is 1. The van der Waals surface area contributed by atoms with Gasteiger partial charge in [0, 0.05) is 30.6 Å². The van der Waals surface area contributed by atoms with Crippen molar-refractivity contribution in [3.8, 4) is 23.5 Å². The molecule has 0 aliphatic heterocycles. The second-order valence-corrected chi connectivity index (χ2v) is 12.0. The molecule has 0 aliphatic carbocycles. The molecule has 1 aromatic carbocycles. The van der Waals surface area contributed by atoms with Crippen LogP contribution in [0.1, 0.15) is 72.3 Å². The average Bonchev–Trinajstić information content (AvgIpc) is 2.93. The normalized spacial score (nSPS) is 13.0. The molecule has 46 heavy (non-hydrogen) atoms. The lowest BCUT2D eigenvalue weighted by Gasteiger charge is -2.26. The third-order valence-electron chi connectivity index (χ3n) is 7.54. The molecule has 0 spiro atoms. The topological polar surface area (TPSA) is 105 Å². The fourth-order valence-corrected chi connectivity index (χ4v) is 5.44. The van der Waals surface area contributed by atoms with Crippen molar-refractivity contribution in [3.05, 3.63) is 86.3 Å². The van der Waals surface area contributed by atoms with Crippen molar-refractivity contribution < 1.29 is 32.3 Å². The van der Waals surface area contributed by atoms with Gasteiger partial charge in [0.05, 0.1) is 18.0 Å². The number of aryl methyl sites for hydroxylation is 2. The third kappa shape index (κ3) is 8.81. The van der Waals surface area contributed by atoms with Gasteiger partial charge in [-0.1, -0.05) is 13.8 Å². The maximum atomic E-state index is 14.1.